The third-order valence-electron chi connectivity index (χ3n) is 4.98. The summed E-state index contributed by atoms with van der Waals surface area (Å²) in [5.74, 6) is -0.257. The molecule has 0 N–H and O–H groups in total. The summed E-state index contributed by atoms with van der Waals surface area (Å²) in [6.07, 6.45) is 1.64. The molecular weight excluding hydrogens is 408 g/mol. The lowest BCUT2D eigenvalue weighted by atomic mass is 9.92. The second-order valence-corrected chi connectivity index (χ2v) is 9.28. The average molecular weight is 429 g/mol. The minimum absolute atomic E-state index is 0.00148. The van der Waals surface area contributed by atoms with Crippen LogP contribution in [0, 0.1) is 5.92 Å². The van der Waals surface area contributed by atoms with Crippen LogP contribution in [0.15, 0.2) is 77.2 Å². The summed E-state index contributed by atoms with van der Waals surface area (Å²) in [6, 6.07) is 23.6. The van der Waals surface area contributed by atoms with Crippen LogP contribution in [0.4, 0.5) is 0 Å². The van der Waals surface area contributed by atoms with Gasteiger partial charge in [-0.25, -0.2) is 0 Å². The Labute approximate surface area is 175 Å². The van der Waals surface area contributed by atoms with Gasteiger partial charge in [-0.1, -0.05) is 66.7 Å². The highest BCUT2D eigenvalue weighted by molar-refractivity contribution is 7.85. The Bertz CT molecular complexity index is 1230. The maximum atomic E-state index is 11.6. The molecule has 0 saturated heterocycles. The molecule has 2 atom stereocenters. The first-order valence-electron chi connectivity index (χ1n) is 9.35. The van der Waals surface area contributed by atoms with Crippen molar-refractivity contribution in [3.05, 3.63) is 83.9 Å². The van der Waals surface area contributed by atoms with E-state index in [1.807, 2.05) is 72.8 Å². The number of benzene rings is 3. The molecule has 0 unspecified atom stereocenters. The summed E-state index contributed by atoms with van der Waals surface area (Å²) in [7, 11) is -3.57. The van der Waals surface area contributed by atoms with Gasteiger partial charge in [-0.15, -0.1) is 11.6 Å². The Hall–Kier alpha value is -2.34. The minimum Gasteiger partial charge on any atom is -0.456 e. The highest BCUT2D eigenvalue weighted by atomic mass is 35.5. The summed E-state index contributed by atoms with van der Waals surface area (Å²) in [5.41, 5.74) is 3.42. The van der Waals surface area contributed by atoms with Crippen LogP contribution < -0.4 is 0 Å². The number of furan rings is 1. The fraction of sp³-hybridized carbons (Fsp3) is 0.217. The number of fused-ring (bicyclic) bond motifs is 3. The maximum absolute atomic E-state index is 11.6. The van der Waals surface area contributed by atoms with Crippen LogP contribution in [0.1, 0.15) is 16.5 Å². The van der Waals surface area contributed by atoms with Gasteiger partial charge in [-0.05, 0) is 18.1 Å². The molecule has 1 heterocycles. The van der Waals surface area contributed by atoms with E-state index in [2.05, 4.69) is 0 Å². The van der Waals surface area contributed by atoms with Crippen LogP contribution in [0.25, 0.3) is 21.9 Å². The zero-order valence-corrected chi connectivity index (χ0v) is 17.5. The monoisotopic (exact) mass is 428 g/mol. The number of rotatable bonds is 7. The molecule has 0 bridgehead atoms. The van der Waals surface area contributed by atoms with E-state index in [9.17, 15) is 8.42 Å². The van der Waals surface area contributed by atoms with Gasteiger partial charge in [0.05, 0.1) is 18.2 Å². The Morgan fingerprint density at radius 2 is 1.62 bits per heavy atom. The zero-order chi connectivity index (χ0) is 20.4. The number of para-hydroxylation sites is 2. The Morgan fingerprint density at radius 1 is 0.931 bits per heavy atom. The van der Waals surface area contributed by atoms with Gasteiger partial charge >= 0.3 is 0 Å². The van der Waals surface area contributed by atoms with E-state index in [4.69, 9.17) is 20.2 Å². The molecule has 0 aliphatic carbocycles. The van der Waals surface area contributed by atoms with Gasteiger partial charge in [0.15, 0.2) is 0 Å². The van der Waals surface area contributed by atoms with Gasteiger partial charge in [0.2, 0.25) is 0 Å². The van der Waals surface area contributed by atoms with Crippen molar-refractivity contribution in [2.75, 3.05) is 12.9 Å². The molecule has 29 heavy (non-hydrogen) atoms. The van der Waals surface area contributed by atoms with Crippen LogP contribution in [0.3, 0.4) is 0 Å². The van der Waals surface area contributed by atoms with Crippen LogP contribution >= 0.6 is 11.6 Å². The second kappa shape index (κ2) is 8.19. The molecule has 1 aromatic heterocycles. The number of hydrogen-bond donors (Lipinski definition) is 0. The summed E-state index contributed by atoms with van der Waals surface area (Å²) < 4.78 is 34.4. The maximum Gasteiger partial charge on any atom is 0.264 e. The molecule has 0 aliphatic rings. The number of hydrogen-bond acceptors (Lipinski definition) is 4. The largest absolute Gasteiger partial charge is 0.456 e. The van der Waals surface area contributed by atoms with Gasteiger partial charge < -0.3 is 4.42 Å². The van der Waals surface area contributed by atoms with E-state index < -0.39 is 15.5 Å². The van der Waals surface area contributed by atoms with E-state index in [1.54, 1.807) is 0 Å². The summed E-state index contributed by atoms with van der Waals surface area (Å²) in [6.45, 7) is -0.00148. The predicted molar refractivity (Wildman–Crippen MR) is 117 cm³/mol. The fourth-order valence-electron chi connectivity index (χ4n) is 3.61. The van der Waals surface area contributed by atoms with E-state index in [0.717, 1.165) is 39.3 Å². The molecule has 4 nitrogen and oxygen atoms in total. The molecule has 150 valence electrons. The minimum atomic E-state index is -3.57. The van der Waals surface area contributed by atoms with E-state index in [-0.39, 0.29) is 12.5 Å². The molecule has 0 amide bonds. The molecule has 6 heteroatoms. The SMILES string of the molecule is CS(=O)(=O)OC[C@@H](Cc1ccccc1)[C@@H](Cl)c1cccc2c1oc1ccccc12. The van der Waals surface area contributed by atoms with Gasteiger partial charge in [0.1, 0.15) is 11.2 Å². The molecule has 4 rings (SSSR count). The standard InChI is InChI=1S/C23H21ClO4S/c1-29(25,26)27-15-17(14-16-8-3-2-4-9-16)22(24)20-12-7-11-19-18-10-5-6-13-21(18)28-23(19)20/h2-13,17,22H,14-15H2,1H3/t17-,22-/m1/s1. The first kappa shape index (κ1) is 20.0. The smallest absolute Gasteiger partial charge is 0.264 e. The quantitative estimate of drug-likeness (QED) is 0.280. The molecule has 4 aromatic rings. The fourth-order valence-corrected chi connectivity index (χ4v) is 4.37. The van der Waals surface area contributed by atoms with E-state index in [0.29, 0.717) is 6.42 Å². The zero-order valence-electron chi connectivity index (χ0n) is 15.9. The first-order valence-corrected chi connectivity index (χ1v) is 11.6. The van der Waals surface area contributed by atoms with Crippen molar-refractivity contribution in [2.24, 2.45) is 5.92 Å². The number of alkyl halides is 1. The lowest BCUT2D eigenvalue weighted by Gasteiger charge is -2.22. The van der Waals surface area contributed by atoms with Gasteiger partial charge in [0.25, 0.3) is 10.1 Å². The molecule has 0 saturated carbocycles. The molecule has 0 aliphatic heterocycles. The lowest BCUT2D eigenvalue weighted by Crippen LogP contribution is -2.20. The normalized spacial score (nSPS) is 14.3. The lowest BCUT2D eigenvalue weighted by molar-refractivity contribution is 0.250. The Morgan fingerprint density at radius 3 is 2.38 bits per heavy atom. The topological polar surface area (TPSA) is 56.5 Å². The van der Waals surface area contributed by atoms with E-state index >= 15 is 0 Å². The first-order chi connectivity index (χ1) is 13.9. The van der Waals surface area contributed by atoms with Crippen molar-refractivity contribution in [1.29, 1.82) is 0 Å². The van der Waals surface area contributed by atoms with Crippen molar-refractivity contribution < 1.29 is 17.0 Å². The summed E-state index contributed by atoms with van der Waals surface area (Å²) >= 11 is 6.92. The summed E-state index contributed by atoms with van der Waals surface area (Å²) in [4.78, 5) is 0. The van der Waals surface area contributed by atoms with Crippen LogP contribution in [-0.2, 0) is 20.7 Å². The van der Waals surface area contributed by atoms with E-state index in [1.165, 1.54) is 0 Å². The van der Waals surface area contributed by atoms with Crippen molar-refractivity contribution >= 4 is 43.7 Å². The third kappa shape index (κ3) is 4.47. The molecule has 3 aromatic carbocycles. The molecule has 0 radical (unpaired) electrons. The van der Waals surface area contributed by atoms with Crippen molar-refractivity contribution in [3.8, 4) is 0 Å². The second-order valence-electron chi connectivity index (χ2n) is 7.16. The average Bonchev–Trinajstić information content (AvgIpc) is 3.09. The van der Waals surface area contributed by atoms with Gasteiger partial charge in [-0.2, -0.15) is 8.42 Å². The number of halogens is 1. The van der Waals surface area contributed by atoms with Gasteiger partial charge in [-0.3, -0.25) is 4.18 Å². The highest BCUT2D eigenvalue weighted by Gasteiger charge is 2.26. The van der Waals surface area contributed by atoms with Crippen molar-refractivity contribution in [1.82, 2.24) is 0 Å². The van der Waals surface area contributed by atoms with Crippen molar-refractivity contribution in [2.45, 2.75) is 11.8 Å². The molecule has 0 spiro atoms. The Balaban J connectivity index is 1.73. The molecular formula is C23H21ClO4S. The van der Waals surface area contributed by atoms with Crippen molar-refractivity contribution in [3.63, 3.8) is 0 Å². The van der Waals surface area contributed by atoms with Gasteiger partial charge in [0, 0.05) is 22.3 Å². The third-order valence-corrected chi connectivity index (χ3v) is 6.14. The van der Waals surface area contributed by atoms with Crippen LogP contribution in [0.2, 0.25) is 0 Å². The Kier molecular flexibility index (Phi) is 5.63. The highest BCUT2D eigenvalue weighted by Crippen LogP contribution is 2.39. The molecule has 0 fully saturated rings. The predicted octanol–water partition coefficient (Wildman–Crippen LogP) is 5.70. The van der Waals surface area contributed by atoms with Crippen LogP contribution in [0.5, 0.6) is 0 Å². The van der Waals surface area contributed by atoms with Crippen LogP contribution in [-0.4, -0.2) is 21.3 Å². The summed E-state index contributed by atoms with van der Waals surface area (Å²) in [5, 5.41) is 1.53.